The second-order valence-electron chi connectivity index (χ2n) is 11.1. The van der Waals surface area contributed by atoms with Gasteiger partial charge in [0.15, 0.2) is 44.6 Å². The van der Waals surface area contributed by atoms with E-state index >= 15 is 8.78 Å². The maximum atomic E-state index is 15.1. The number of carbonyl (C=O) groups is 2. The van der Waals surface area contributed by atoms with Crippen LogP contribution in [0.25, 0.3) is 5.69 Å². The topological polar surface area (TPSA) is 107 Å². The van der Waals surface area contributed by atoms with Crippen molar-refractivity contribution in [2.75, 3.05) is 4.90 Å². The number of benzene rings is 3. The van der Waals surface area contributed by atoms with E-state index < -0.39 is 103 Å². The molecule has 17 heteroatoms. The molecule has 2 amide bonds. The van der Waals surface area contributed by atoms with Crippen LogP contribution in [-0.2, 0) is 16.1 Å². The molecule has 4 aromatic rings. The van der Waals surface area contributed by atoms with Crippen molar-refractivity contribution in [1.29, 1.82) is 0 Å². The first kappa shape index (κ1) is 30.9. The second kappa shape index (κ2) is 10.1. The van der Waals surface area contributed by atoms with Crippen LogP contribution in [0.15, 0.2) is 69.8 Å². The highest BCUT2D eigenvalue weighted by molar-refractivity contribution is 6.58. The lowest BCUT2D eigenvalue weighted by atomic mass is 9.64. The van der Waals surface area contributed by atoms with E-state index in [9.17, 15) is 41.8 Å². The van der Waals surface area contributed by atoms with Gasteiger partial charge in [-0.2, -0.15) is 0 Å². The summed E-state index contributed by atoms with van der Waals surface area (Å²) in [7, 11) is 0. The zero-order valence-electron chi connectivity index (χ0n) is 23.2. The van der Waals surface area contributed by atoms with Crippen LogP contribution in [0.5, 0.6) is 5.75 Å². The number of carbonyl (C=O) groups excluding carboxylic acids is 2. The third-order valence-corrected chi connectivity index (χ3v) is 10.2. The predicted molar refractivity (Wildman–Crippen MR) is 153 cm³/mol. The fourth-order valence-electron chi connectivity index (χ4n) is 6.74. The van der Waals surface area contributed by atoms with E-state index in [-0.39, 0.29) is 22.7 Å². The molecule has 1 saturated carbocycles. The molecular formula is C30H16Cl2F6N4O5. The van der Waals surface area contributed by atoms with Crippen LogP contribution in [0.1, 0.15) is 23.9 Å². The van der Waals surface area contributed by atoms with Gasteiger partial charge in [-0.1, -0.05) is 36.4 Å². The number of phenols is 1. The van der Waals surface area contributed by atoms with Crippen molar-refractivity contribution in [2.45, 2.75) is 34.7 Å². The molecule has 1 aliphatic carbocycles. The van der Waals surface area contributed by atoms with Gasteiger partial charge >= 0.3 is 11.4 Å². The van der Waals surface area contributed by atoms with Crippen molar-refractivity contribution in [3.8, 4) is 11.4 Å². The number of imide groups is 1. The molecule has 4 unspecified atom stereocenters. The van der Waals surface area contributed by atoms with E-state index in [1.165, 1.54) is 18.2 Å². The van der Waals surface area contributed by atoms with Gasteiger partial charge in [-0.3, -0.25) is 9.59 Å². The summed E-state index contributed by atoms with van der Waals surface area (Å²) in [5.41, 5.74) is -4.09. The van der Waals surface area contributed by atoms with E-state index in [1.54, 1.807) is 18.2 Å². The molecule has 47 heavy (non-hydrogen) atoms. The summed E-state index contributed by atoms with van der Waals surface area (Å²) in [5, 5.41) is 10.8. The van der Waals surface area contributed by atoms with E-state index in [1.807, 2.05) is 0 Å². The van der Waals surface area contributed by atoms with Gasteiger partial charge in [0.25, 0.3) is 11.8 Å². The van der Waals surface area contributed by atoms with Crippen molar-refractivity contribution in [1.82, 2.24) is 13.9 Å². The van der Waals surface area contributed by atoms with E-state index in [4.69, 9.17) is 23.2 Å². The van der Waals surface area contributed by atoms with Crippen LogP contribution >= 0.6 is 23.2 Å². The van der Waals surface area contributed by atoms with Gasteiger partial charge in [0.05, 0.1) is 18.3 Å². The number of fused-ring (bicyclic) bond motifs is 4. The van der Waals surface area contributed by atoms with Gasteiger partial charge in [-0.25, -0.2) is 54.8 Å². The van der Waals surface area contributed by atoms with Gasteiger partial charge in [-0.15, -0.1) is 23.2 Å². The number of phenolic OH excluding ortho intramolecular Hbond substituents is 1. The number of aromatic hydroxyl groups is 1. The molecule has 1 N–H and O–H groups in total. The Hall–Kier alpha value is -4.76. The molecule has 1 aromatic heterocycles. The Balaban J connectivity index is 1.51. The van der Waals surface area contributed by atoms with Gasteiger partial charge < -0.3 is 5.11 Å². The predicted octanol–water partition coefficient (Wildman–Crippen LogP) is 4.54. The third kappa shape index (κ3) is 3.74. The number of rotatable bonds is 3. The fraction of sp³-hybridized carbons (Fsp3) is 0.200. The highest BCUT2D eigenvalue weighted by atomic mass is 35.5. The number of anilines is 1. The minimum absolute atomic E-state index is 0.0371. The lowest BCUT2D eigenvalue weighted by Gasteiger charge is -2.49. The monoisotopic (exact) mass is 696 g/mol. The average molecular weight is 697 g/mol. The zero-order valence-corrected chi connectivity index (χ0v) is 24.7. The lowest BCUT2D eigenvalue weighted by Crippen LogP contribution is -2.59. The van der Waals surface area contributed by atoms with Gasteiger partial charge in [0.2, 0.25) is 5.82 Å². The Bertz CT molecular complexity index is 2210. The Morgan fingerprint density at radius 2 is 1.38 bits per heavy atom. The van der Waals surface area contributed by atoms with Gasteiger partial charge in [0, 0.05) is 17.9 Å². The maximum absolute atomic E-state index is 15.1. The van der Waals surface area contributed by atoms with Crippen LogP contribution in [0.3, 0.4) is 0 Å². The SMILES string of the molecule is O=C1N(c2c(F)c(F)c(F)c(F)c2F)C(=O)C2(Cl)C(c3cccc(F)c3O)C3=CCn4c(=O)n(-c5ccccc5)c(=O)n4C3CC12Cl. The number of aromatic nitrogens is 3. The molecular weight excluding hydrogens is 681 g/mol. The molecule has 1 saturated heterocycles. The first-order valence-corrected chi connectivity index (χ1v) is 14.4. The largest absolute Gasteiger partial charge is 0.505 e. The van der Waals surface area contributed by atoms with Crippen LogP contribution < -0.4 is 16.3 Å². The van der Waals surface area contributed by atoms with Crippen molar-refractivity contribution in [2.24, 2.45) is 0 Å². The minimum Gasteiger partial charge on any atom is -0.505 e. The summed E-state index contributed by atoms with van der Waals surface area (Å²) in [6, 6.07) is 9.28. The summed E-state index contributed by atoms with van der Waals surface area (Å²) in [6.07, 6.45) is 0.486. The normalized spacial score (nSPS) is 25.0. The van der Waals surface area contributed by atoms with Crippen molar-refractivity contribution in [3.05, 3.63) is 122 Å². The van der Waals surface area contributed by atoms with Crippen molar-refractivity contribution >= 4 is 40.7 Å². The molecule has 3 heterocycles. The van der Waals surface area contributed by atoms with Crippen molar-refractivity contribution in [3.63, 3.8) is 0 Å². The standard InChI is InChI=1S/C30H16Cl2F6N4O5/c31-29-11-16-13(9-10-39-27(46)40(28(47)42(16)39)12-5-2-1-3-6-12)17(14-7-4-8-15(33)24(14)43)30(29,32)26(45)41(25(29)44)23-21(37)19(35)18(34)20(36)22(23)38/h1-9,16-17,43H,10-11H2. The fourth-order valence-corrected chi connectivity index (χ4v) is 7.64. The van der Waals surface area contributed by atoms with E-state index in [0.717, 1.165) is 32.1 Å². The number of nitrogens with zero attached hydrogens (tertiary/aromatic N) is 4. The number of amides is 2. The highest BCUT2D eigenvalue weighted by Gasteiger charge is 2.76. The molecule has 3 aromatic carbocycles. The maximum Gasteiger partial charge on any atom is 0.352 e. The summed E-state index contributed by atoms with van der Waals surface area (Å²) in [4.78, 5) is 49.4. The smallest absolute Gasteiger partial charge is 0.352 e. The summed E-state index contributed by atoms with van der Waals surface area (Å²) in [5.74, 6) is -20.3. The van der Waals surface area contributed by atoms with Crippen molar-refractivity contribution < 1.29 is 41.0 Å². The van der Waals surface area contributed by atoms with Gasteiger partial charge in [0.1, 0.15) is 5.69 Å². The summed E-state index contributed by atoms with van der Waals surface area (Å²) >= 11 is 13.9. The minimum atomic E-state index is -2.92. The molecule has 7 rings (SSSR count). The molecule has 0 spiro atoms. The zero-order chi connectivity index (χ0) is 33.9. The number of para-hydroxylation sites is 2. The summed E-state index contributed by atoms with van der Waals surface area (Å²) in [6.45, 7) is -0.349. The van der Waals surface area contributed by atoms with E-state index in [2.05, 4.69) is 0 Å². The number of alkyl halides is 2. The first-order chi connectivity index (χ1) is 22.2. The summed E-state index contributed by atoms with van der Waals surface area (Å²) < 4.78 is 90.2. The Morgan fingerprint density at radius 1 is 0.766 bits per heavy atom. The molecule has 9 nitrogen and oxygen atoms in total. The molecule has 4 atom stereocenters. The van der Waals surface area contributed by atoms with Gasteiger partial charge in [-0.05, 0) is 23.8 Å². The molecule has 242 valence electrons. The molecule has 2 fully saturated rings. The average Bonchev–Trinajstić information content (AvgIpc) is 3.39. The second-order valence-corrected chi connectivity index (χ2v) is 12.3. The molecule has 3 aliphatic rings. The number of hydrogen-bond donors (Lipinski definition) is 1. The third-order valence-electron chi connectivity index (χ3n) is 8.83. The Morgan fingerprint density at radius 3 is 2.02 bits per heavy atom. The molecule has 0 radical (unpaired) electrons. The highest BCUT2D eigenvalue weighted by Crippen LogP contribution is 2.65. The Kier molecular flexibility index (Phi) is 6.65. The van der Waals surface area contributed by atoms with Crippen LogP contribution in [-0.4, -0.2) is 40.6 Å². The van der Waals surface area contributed by atoms with Crippen LogP contribution in [0, 0.1) is 34.9 Å². The van der Waals surface area contributed by atoms with E-state index in [0.29, 0.717) is 0 Å². The van der Waals surface area contributed by atoms with Crippen LogP contribution in [0.4, 0.5) is 32.0 Å². The van der Waals surface area contributed by atoms with Crippen LogP contribution in [0.2, 0.25) is 0 Å². The lowest BCUT2D eigenvalue weighted by molar-refractivity contribution is -0.122. The number of halogens is 8. The molecule has 2 aliphatic heterocycles. The number of hydrogen-bond acceptors (Lipinski definition) is 5. The Labute approximate surface area is 268 Å². The first-order valence-electron chi connectivity index (χ1n) is 13.6. The molecule has 0 bridgehead atoms. The quantitative estimate of drug-likeness (QED) is 0.0846. The number of allylic oxidation sites excluding steroid dienone is 2.